The molecule has 0 aromatic heterocycles. The molecule has 2 saturated carbocycles. The second kappa shape index (κ2) is 4.19. The summed E-state index contributed by atoms with van der Waals surface area (Å²) in [4.78, 5) is 0. The van der Waals surface area contributed by atoms with Crippen LogP contribution in [0.2, 0.25) is 0 Å². The maximum atomic E-state index is 10.2. The molecule has 0 saturated heterocycles. The van der Waals surface area contributed by atoms with E-state index in [0.29, 0.717) is 5.92 Å². The minimum Gasteiger partial charge on any atom is -0.390 e. The first-order chi connectivity index (χ1) is 6.71. The Labute approximate surface area is 86.3 Å². The summed E-state index contributed by atoms with van der Waals surface area (Å²) in [5, 5.41) is 20.2. The van der Waals surface area contributed by atoms with Gasteiger partial charge in [0.1, 0.15) is 0 Å². The molecule has 0 aliphatic heterocycles. The van der Waals surface area contributed by atoms with E-state index in [1.807, 2.05) is 0 Å². The maximum Gasteiger partial charge on any atom is 0.0905 e. The lowest BCUT2D eigenvalue weighted by molar-refractivity contribution is -0.0787. The van der Waals surface area contributed by atoms with Crippen LogP contribution in [-0.2, 0) is 0 Å². The molecule has 2 aliphatic carbocycles. The average Bonchev–Trinajstić information content (AvgIpc) is 2.76. The van der Waals surface area contributed by atoms with Gasteiger partial charge in [-0.25, -0.2) is 0 Å². The second-order valence-electron chi connectivity index (χ2n) is 5.21. The predicted octanol–water partition coefficient (Wildman–Crippen LogP) is 2.23. The van der Waals surface area contributed by atoms with E-state index in [4.69, 9.17) is 0 Å². The van der Waals surface area contributed by atoms with E-state index >= 15 is 0 Å². The minimum atomic E-state index is -0.734. The van der Waals surface area contributed by atoms with Gasteiger partial charge < -0.3 is 10.2 Å². The smallest absolute Gasteiger partial charge is 0.0905 e. The lowest BCUT2D eigenvalue weighted by Gasteiger charge is -2.30. The van der Waals surface area contributed by atoms with Crippen molar-refractivity contribution in [1.29, 1.82) is 0 Å². The summed E-state index contributed by atoms with van der Waals surface area (Å²) < 4.78 is 0. The molecular weight excluding hydrogens is 176 g/mol. The van der Waals surface area contributed by atoms with Gasteiger partial charge in [-0.3, -0.25) is 0 Å². The molecule has 0 spiro atoms. The lowest BCUT2D eigenvalue weighted by atomic mass is 9.87. The first-order valence-corrected chi connectivity index (χ1v) is 6.11. The Morgan fingerprint density at radius 3 is 2.21 bits per heavy atom. The Kier molecular flexibility index (Phi) is 3.13. The molecule has 0 aromatic rings. The van der Waals surface area contributed by atoms with Crippen LogP contribution in [0.3, 0.4) is 0 Å². The molecule has 2 aliphatic rings. The quantitative estimate of drug-likeness (QED) is 0.730. The molecule has 2 N–H and O–H groups in total. The number of aliphatic hydroxyl groups is 2. The third kappa shape index (κ3) is 2.12. The summed E-state index contributed by atoms with van der Waals surface area (Å²) in [6.07, 6.45) is 9.29. The molecule has 2 fully saturated rings. The Morgan fingerprint density at radius 2 is 1.64 bits per heavy atom. The molecule has 1 unspecified atom stereocenters. The van der Waals surface area contributed by atoms with E-state index in [1.165, 1.54) is 25.7 Å². The Bertz CT molecular complexity index is 179. The normalized spacial score (nSPS) is 29.6. The van der Waals surface area contributed by atoms with E-state index in [-0.39, 0.29) is 0 Å². The van der Waals surface area contributed by atoms with Crippen LogP contribution in [0.5, 0.6) is 0 Å². The van der Waals surface area contributed by atoms with Crippen LogP contribution in [0.4, 0.5) is 0 Å². The third-order valence-electron chi connectivity index (χ3n) is 4.12. The van der Waals surface area contributed by atoms with Gasteiger partial charge in [-0.15, -0.1) is 0 Å². The summed E-state index contributed by atoms with van der Waals surface area (Å²) in [5.41, 5.74) is -0.734. The van der Waals surface area contributed by atoms with Crippen molar-refractivity contribution in [3.63, 3.8) is 0 Å². The summed E-state index contributed by atoms with van der Waals surface area (Å²) in [6, 6.07) is 0. The van der Waals surface area contributed by atoms with Crippen molar-refractivity contribution in [2.45, 2.75) is 69.5 Å². The minimum absolute atomic E-state index is 0.465. The highest BCUT2D eigenvalue weighted by Gasteiger charge is 2.39. The zero-order valence-corrected chi connectivity index (χ0v) is 8.91. The van der Waals surface area contributed by atoms with Gasteiger partial charge in [0.15, 0.2) is 0 Å². The first-order valence-electron chi connectivity index (χ1n) is 6.11. The van der Waals surface area contributed by atoms with Crippen molar-refractivity contribution in [2.75, 3.05) is 0 Å². The van der Waals surface area contributed by atoms with Crippen molar-refractivity contribution in [1.82, 2.24) is 0 Å². The standard InChI is InChI=1S/C12H22O2/c13-11(9-10-5-1-2-6-10)12(14)7-3-4-8-12/h10-11,13-14H,1-9H2. The van der Waals surface area contributed by atoms with Gasteiger partial charge in [-0.2, -0.15) is 0 Å². The Balaban J connectivity index is 1.84. The summed E-state index contributed by atoms with van der Waals surface area (Å²) in [7, 11) is 0. The fraction of sp³-hybridized carbons (Fsp3) is 1.00. The van der Waals surface area contributed by atoms with Crippen LogP contribution >= 0.6 is 0 Å². The van der Waals surface area contributed by atoms with Gasteiger partial charge in [0, 0.05) is 0 Å². The molecule has 2 rings (SSSR count). The zero-order chi connectivity index (χ0) is 10.0. The van der Waals surface area contributed by atoms with E-state index in [2.05, 4.69) is 0 Å². The zero-order valence-electron chi connectivity index (χ0n) is 8.91. The van der Waals surface area contributed by atoms with Gasteiger partial charge in [0.25, 0.3) is 0 Å². The molecule has 2 heteroatoms. The van der Waals surface area contributed by atoms with Gasteiger partial charge in [-0.1, -0.05) is 38.5 Å². The first kappa shape index (κ1) is 10.4. The maximum absolute atomic E-state index is 10.2. The van der Waals surface area contributed by atoms with Crippen molar-refractivity contribution in [3.8, 4) is 0 Å². The molecule has 14 heavy (non-hydrogen) atoms. The largest absolute Gasteiger partial charge is 0.390 e. The monoisotopic (exact) mass is 198 g/mol. The number of rotatable bonds is 3. The van der Waals surface area contributed by atoms with E-state index in [0.717, 1.165) is 32.1 Å². The fourth-order valence-corrected chi connectivity index (χ4v) is 3.10. The van der Waals surface area contributed by atoms with Crippen molar-refractivity contribution in [2.24, 2.45) is 5.92 Å². The highest BCUT2D eigenvalue weighted by molar-refractivity contribution is 4.92. The van der Waals surface area contributed by atoms with Gasteiger partial charge >= 0.3 is 0 Å². The highest BCUT2D eigenvalue weighted by atomic mass is 16.3. The van der Waals surface area contributed by atoms with Gasteiger partial charge in [0.2, 0.25) is 0 Å². The number of hydrogen-bond donors (Lipinski definition) is 2. The van der Waals surface area contributed by atoms with Gasteiger partial charge in [-0.05, 0) is 25.2 Å². The summed E-state index contributed by atoms with van der Waals surface area (Å²) in [5.74, 6) is 0.676. The molecule has 0 amide bonds. The van der Waals surface area contributed by atoms with Crippen molar-refractivity contribution < 1.29 is 10.2 Å². The van der Waals surface area contributed by atoms with Crippen LogP contribution in [0.15, 0.2) is 0 Å². The van der Waals surface area contributed by atoms with Crippen LogP contribution in [0.1, 0.15) is 57.8 Å². The van der Waals surface area contributed by atoms with E-state index < -0.39 is 11.7 Å². The Morgan fingerprint density at radius 1 is 1.07 bits per heavy atom. The van der Waals surface area contributed by atoms with Crippen LogP contribution in [0.25, 0.3) is 0 Å². The molecule has 2 nitrogen and oxygen atoms in total. The third-order valence-corrected chi connectivity index (χ3v) is 4.12. The number of aliphatic hydroxyl groups excluding tert-OH is 1. The predicted molar refractivity (Wildman–Crippen MR) is 56.0 cm³/mol. The molecule has 0 aromatic carbocycles. The number of hydrogen-bond acceptors (Lipinski definition) is 2. The molecule has 82 valence electrons. The van der Waals surface area contributed by atoms with E-state index in [1.54, 1.807) is 0 Å². The highest BCUT2D eigenvalue weighted by Crippen LogP contribution is 2.37. The molecule has 0 bridgehead atoms. The van der Waals surface area contributed by atoms with Crippen LogP contribution in [-0.4, -0.2) is 21.9 Å². The average molecular weight is 198 g/mol. The SMILES string of the molecule is OC(CC1CCCC1)C1(O)CCCC1. The van der Waals surface area contributed by atoms with Gasteiger partial charge in [0.05, 0.1) is 11.7 Å². The molecule has 0 heterocycles. The van der Waals surface area contributed by atoms with Crippen molar-refractivity contribution in [3.05, 3.63) is 0 Å². The molecular formula is C12H22O2. The molecule has 0 radical (unpaired) electrons. The summed E-state index contributed by atoms with van der Waals surface area (Å²) in [6.45, 7) is 0. The lowest BCUT2D eigenvalue weighted by Crippen LogP contribution is -2.40. The van der Waals surface area contributed by atoms with Crippen molar-refractivity contribution >= 4 is 0 Å². The van der Waals surface area contributed by atoms with E-state index in [9.17, 15) is 10.2 Å². The summed E-state index contributed by atoms with van der Waals surface area (Å²) >= 11 is 0. The Hall–Kier alpha value is -0.0800. The topological polar surface area (TPSA) is 40.5 Å². The van der Waals surface area contributed by atoms with Crippen LogP contribution in [0, 0.1) is 5.92 Å². The molecule has 1 atom stereocenters. The van der Waals surface area contributed by atoms with Crippen LogP contribution < -0.4 is 0 Å². The fourth-order valence-electron chi connectivity index (χ4n) is 3.10. The second-order valence-corrected chi connectivity index (χ2v) is 5.21.